The summed E-state index contributed by atoms with van der Waals surface area (Å²) in [5.74, 6) is 2.05. The van der Waals surface area contributed by atoms with E-state index >= 15 is 0 Å². The van der Waals surface area contributed by atoms with Crippen LogP contribution in [-0.2, 0) is 11.2 Å². The second kappa shape index (κ2) is 9.75. The third-order valence-corrected chi connectivity index (χ3v) is 6.28. The predicted octanol–water partition coefficient (Wildman–Crippen LogP) is 6.21. The van der Waals surface area contributed by atoms with Gasteiger partial charge in [-0.3, -0.25) is 4.79 Å². The van der Waals surface area contributed by atoms with Crippen LogP contribution in [-0.4, -0.2) is 26.2 Å². The molecule has 0 saturated carbocycles. The fourth-order valence-corrected chi connectivity index (χ4v) is 4.24. The van der Waals surface area contributed by atoms with Gasteiger partial charge in [0.15, 0.2) is 11.5 Å². The third kappa shape index (κ3) is 4.64. The lowest BCUT2D eigenvalue weighted by Crippen LogP contribution is -2.41. The fourth-order valence-electron chi connectivity index (χ4n) is 4.12. The minimum absolute atomic E-state index is 0.00487. The van der Waals surface area contributed by atoms with Crippen LogP contribution in [0.3, 0.4) is 0 Å². The van der Waals surface area contributed by atoms with Gasteiger partial charge in [-0.05, 0) is 78.6 Å². The number of fused-ring (bicyclic) bond motifs is 1. The lowest BCUT2D eigenvalue weighted by molar-refractivity contribution is -0.118. The van der Waals surface area contributed by atoms with Crippen molar-refractivity contribution in [3.8, 4) is 17.2 Å². The summed E-state index contributed by atoms with van der Waals surface area (Å²) in [6.45, 7) is 4.11. The molecular weight excluding hydrogens is 438 g/mol. The summed E-state index contributed by atoms with van der Waals surface area (Å²) in [6, 6.07) is 18.8. The van der Waals surface area contributed by atoms with Crippen molar-refractivity contribution in [2.45, 2.75) is 38.8 Å². The van der Waals surface area contributed by atoms with Crippen LogP contribution in [0.25, 0.3) is 0 Å². The summed E-state index contributed by atoms with van der Waals surface area (Å²) >= 11 is 6.17. The number of rotatable bonds is 7. The SMILES string of the molecule is CCC(C)Oc1cc2c(cc1OC)CC(=O)N(c1ccc(OC)cc1)[C@H]2c1ccc(Cl)cc1. The van der Waals surface area contributed by atoms with E-state index < -0.39 is 0 Å². The standard InChI is InChI=1S/C27H28ClNO4/c1-5-17(2)33-25-16-23-19(14-24(25)32-4)15-26(30)29(21-10-12-22(31-3)13-11-21)27(23)18-6-8-20(28)9-7-18/h6-14,16-17,27H,5,15H2,1-4H3/t17?,27-/m0/s1. The largest absolute Gasteiger partial charge is 0.497 e. The van der Waals surface area contributed by atoms with Gasteiger partial charge in [-0.2, -0.15) is 0 Å². The molecule has 0 saturated heterocycles. The molecule has 0 spiro atoms. The van der Waals surface area contributed by atoms with E-state index in [4.69, 9.17) is 25.8 Å². The van der Waals surface area contributed by atoms with Crippen LogP contribution >= 0.6 is 11.6 Å². The number of methoxy groups -OCH3 is 2. The van der Waals surface area contributed by atoms with E-state index in [-0.39, 0.29) is 24.5 Å². The predicted molar refractivity (Wildman–Crippen MR) is 131 cm³/mol. The van der Waals surface area contributed by atoms with Crippen LogP contribution in [0.4, 0.5) is 5.69 Å². The number of hydrogen-bond donors (Lipinski definition) is 0. The maximum Gasteiger partial charge on any atom is 0.232 e. The van der Waals surface area contributed by atoms with Crippen molar-refractivity contribution >= 4 is 23.2 Å². The summed E-state index contributed by atoms with van der Waals surface area (Å²) in [7, 11) is 3.25. The Morgan fingerprint density at radius 1 is 1.00 bits per heavy atom. The number of anilines is 1. The molecule has 1 amide bonds. The molecule has 172 valence electrons. The summed E-state index contributed by atoms with van der Waals surface area (Å²) in [5, 5.41) is 0.646. The van der Waals surface area contributed by atoms with Gasteiger partial charge >= 0.3 is 0 Å². The Morgan fingerprint density at radius 3 is 2.30 bits per heavy atom. The number of halogens is 1. The highest BCUT2D eigenvalue weighted by molar-refractivity contribution is 6.30. The first-order valence-electron chi connectivity index (χ1n) is 11.0. The van der Waals surface area contributed by atoms with E-state index in [1.807, 2.05) is 72.5 Å². The van der Waals surface area contributed by atoms with Gasteiger partial charge in [0, 0.05) is 10.7 Å². The van der Waals surface area contributed by atoms with E-state index in [0.717, 1.165) is 34.5 Å². The Bertz CT molecular complexity index is 1130. The molecular formula is C27H28ClNO4. The summed E-state index contributed by atoms with van der Waals surface area (Å²) in [4.78, 5) is 15.3. The Hall–Kier alpha value is -3.18. The molecule has 3 aromatic carbocycles. The molecule has 6 heteroatoms. The van der Waals surface area contributed by atoms with Crippen molar-refractivity contribution in [2.75, 3.05) is 19.1 Å². The van der Waals surface area contributed by atoms with Crippen LogP contribution in [0, 0.1) is 0 Å². The zero-order valence-corrected chi connectivity index (χ0v) is 20.1. The molecule has 1 unspecified atom stereocenters. The minimum atomic E-state index is -0.336. The Labute approximate surface area is 199 Å². The Kier molecular flexibility index (Phi) is 6.80. The van der Waals surface area contributed by atoms with Crippen molar-refractivity contribution in [3.05, 3.63) is 82.4 Å². The molecule has 0 aliphatic carbocycles. The summed E-state index contributed by atoms with van der Waals surface area (Å²) < 4.78 is 17.1. The zero-order chi connectivity index (χ0) is 23.5. The summed E-state index contributed by atoms with van der Waals surface area (Å²) in [6.07, 6.45) is 1.18. The van der Waals surface area contributed by atoms with Gasteiger partial charge in [0.05, 0.1) is 32.8 Å². The third-order valence-electron chi connectivity index (χ3n) is 6.03. The van der Waals surface area contributed by atoms with Crippen molar-refractivity contribution in [3.63, 3.8) is 0 Å². The first-order chi connectivity index (χ1) is 15.9. The van der Waals surface area contributed by atoms with Gasteiger partial charge in [-0.25, -0.2) is 0 Å². The zero-order valence-electron chi connectivity index (χ0n) is 19.3. The molecule has 1 aliphatic heterocycles. The smallest absolute Gasteiger partial charge is 0.232 e. The lowest BCUT2D eigenvalue weighted by Gasteiger charge is -2.38. The fraction of sp³-hybridized carbons (Fsp3) is 0.296. The first kappa shape index (κ1) is 23.0. The molecule has 0 radical (unpaired) electrons. The van der Waals surface area contributed by atoms with Gasteiger partial charge in [-0.1, -0.05) is 30.7 Å². The molecule has 3 aromatic rings. The van der Waals surface area contributed by atoms with E-state index in [0.29, 0.717) is 16.5 Å². The second-order valence-electron chi connectivity index (χ2n) is 8.13. The van der Waals surface area contributed by atoms with Crippen LogP contribution < -0.4 is 19.1 Å². The molecule has 5 nitrogen and oxygen atoms in total. The topological polar surface area (TPSA) is 48.0 Å². The quantitative estimate of drug-likeness (QED) is 0.416. The van der Waals surface area contributed by atoms with Gasteiger partial charge < -0.3 is 19.1 Å². The lowest BCUT2D eigenvalue weighted by atomic mass is 9.86. The average Bonchev–Trinajstić information content (AvgIpc) is 2.83. The van der Waals surface area contributed by atoms with Gasteiger partial charge in [0.1, 0.15) is 5.75 Å². The minimum Gasteiger partial charge on any atom is -0.497 e. The van der Waals surface area contributed by atoms with E-state index in [2.05, 4.69) is 6.92 Å². The number of benzene rings is 3. The molecule has 4 rings (SSSR count). The van der Waals surface area contributed by atoms with E-state index in [1.165, 1.54) is 0 Å². The number of carbonyl (C=O) groups is 1. The highest BCUT2D eigenvalue weighted by atomic mass is 35.5. The average molecular weight is 466 g/mol. The Morgan fingerprint density at radius 2 is 1.70 bits per heavy atom. The molecule has 1 aliphatic rings. The van der Waals surface area contributed by atoms with Crippen molar-refractivity contribution in [2.24, 2.45) is 0 Å². The van der Waals surface area contributed by atoms with Crippen molar-refractivity contribution < 1.29 is 19.0 Å². The van der Waals surface area contributed by atoms with Crippen LogP contribution in [0.2, 0.25) is 5.02 Å². The van der Waals surface area contributed by atoms with E-state index in [1.54, 1.807) is 14.2 Å². The van der Waals surface area contributed by atoms with Gasteiger partial charge in [0.2, 0.25) is 5.91 Å². The monoisotopic (exact) mass is 465 g/mol. The normalized spacial score (nSPS) is 16.2. The molecule has 33 heavy (non-hydrogen) atoms. The van der Waals surface area contributed by atoms with Crippen LogP contribution in [0.15, 0.2) is 60.7 Å². The highest BCUT2D eigenvalue weighted by Gasteiger charge is 2.36. The van der Waals surface area contributed by atoms with Gasteiger partial charge in [0.25, 0.3) is 0 Å². The second-order valence-corrected chi connectivity index (χ2v) is 8.57. The number of amides is 1. The van der Waals surface area contributed by atoms with Crippen molar-refractivity contribution in [1.82, 2.24) is 0 Å². The van der Waals surface area contributed by atoms with Crippen LogP contribution in [0.1, 0.15) is 43.0 Å². The van der Waals surface area contributed by atoms with E-state index in [9.17, 15) is 4.79 Å². The summed E-state index contributed by atoms with van der Waals surface area (Å²) in [5.41, 5.74) is 3.70. The molecule has 0 bridgehead atoms. The number of ether oxygens (including phenoxy) is 3. The van der Waals surface area contributed by atoms with Gasteiger partial charge in [-0.15, -0.1) is 0 Å². The molecule has 0 N–H and O–H groups in total. The van der Waals surface area contributed by atoms with Crippen molar-refractivity contribution in [1.29, 1.82) is 0 Å². The molecule has 0 fully saturated rings. The number of carbonyl (C=O) groups excluding carboxylic acids is 1. The number of hydrogen-bond acceptors (Lipinski definition) is 4. The first-order valence-corrected chi connectivity index (χ1v) is 11.4. The maximum absolute atomic E-state index is 13.5. The Balaban J connectivity index is 1.89. The molecule has 0 aromatic heterocycles. The maximum atomic E-state index is 13.5. The highest BCUT2D eigenvalue weighted by Crippen LogP contribution is 2.44. The molecule has 2 atom stereocenters. The van der Waals surface area contributed by atoms with Crippen LogP contribution in [0.5, 0.6) is 17.2 Å². The number of nitrogens with zero attached hydrogens (tertiary/aromatic N) is 1. The molecule has 1 heterocycles.